The first-order valence-corrected chi connectivity index (χ1v) is 8.68. The smallest absolute Gasteiger partial charge is 0.227 e. The average Bonchev–Trinajstić information content (AvgIpc) is 3.09. The first kappa shape index (κ1) is 18.0. The second-order valence-electron chi connectivity index (χ2n) is 6.38. The molecule has 1 aliphatic rings. The molecule has 0 fully saturated rings. The van der Waals surface area contributed by atoms with Gasteiger partial charge in [0.25, 0.3) is 0 Å². The number of amides is 1. The quantitative estimate of drug-likeness (QED) is 0.747. The maximum absolute atomic E-state index is 12.7. The van der Waals surface area contributed by atoms with E-state index < -0.39 is 0 Å². The van der Waals surface area contributed by atoms with Gasteiger partial charge in [0.05, 0.1) is 14.2 Å². The topological polar surface area (TPSA) is 55.8 Å². The van der Waals surface area contributed by atoms with Crippen LogP contribution in [0.25, 0.3) is 0 Å². The number of carbonyl (C=O) groups is 2. The van der Waals surface area contributed by atoms with Crippen LogP contribution >= 0.6 is 0 Å². The van der Waals surface area contributed by atoms with E-state index in [1.54, 1.807) is 27.2 Å². The molecular formula is C21H23NO4. The number of hydrogen-bond acceptors (Lipinski definition) is 4. The number of anilines is 1. The van der Waals surface area contributed by atoms with Crippen molar-refractivity contribution in [1.29, 1.82) is 0 Å². The Labute approximate surface area is 153 Å². The minimum Gasteiger partial charge on any atom is -0.493 e. The number of ether oxygens (including phenoxy) is 2. The van der Waals surface area contributed by atoms with Crippen LogP contribution in [-0.2, 0) is 17.6 Å². The van der Waals surface area contributed by atoms with Crippen molar-refractivity contribution in [2.75, 3.05) is 25.7 Å². The van der Waals surface area contributed by atoms with Crippen LogP contribution in [0.4, 0.5) is 5.69 Å². The molecule has 0 N–H and O–H groups in total. The van der Waals surface area contributed by atoms with Gasteiger partial charge in [0.15, 0.2) is 17.3 Å². The SMILES string of the molecule is COc1ccc(CCC(=O)N2CCc3cc(C(C)=O)ccc32)cc1OC. The molecule has 2 aromatic carbocycles. The van der Waals surface area contributed by atoms with E-state index in [0.29, 0.717) is 36.4 Å². The first-order chi connectivity index (χ1) is 12.5. The van der Waals surface area contributed by atoms with Gasteiger partial charge in [-0.1, -0.05) is 6.07 Å². The molecule has 0 bridgehead atoms. The fraction of sp³-hybridized carbons (Fsp3) is 0.333. The van der Waals surface area contributed by atoms with Gasteiger partial charge in [-0.15, -0.1) is 0 Å². The molecule has 0 atom stereocenters. The van der Waals surface area contributed by atoms with Crippen molar-refractivity contribution in [2.45, 2.75) is 26.2 Å². The van der Waals surface area contributed by atoms with Gasteiger partial charge in [-0.05, 0) is 61.2 Å². The van der Waals surface area contributed by atoms with Gasteiger partial charge >= 0.3 is 0 Å². The largest absolute Gasteiger partial charge is 0.493 e. The molecule has 0 radical (unpaired) electrons. The highest BCUT2D eigenvalue weighted by Crippen LogP contribution is 2.31. The summed E-state index contributed by atoms with van der Waals surface area (Å²) >= 11 is 0. The second-order valence-corrected chi connectivity index (χ2v) is 6.38. The van der Waals surface area contributed by atoms with Crippen LogP contribution in [0.2, 0.25) is 0 Å². The predicted molar refractivity (Wildman–Crippen MR) is 100 cm³/mol. The van der Waals surface area contributed by atoms with Crippen molar-refractivity contribution in [3.8, 4) is 11.5 Å². The zero-order valence-corrected chi connectivity index (χ0v) is 15.4. The summed E-state index contributed by atoms with van der Waals surface area (Å²) in [5.41, 5.74) is 3.72. The summed E-state index contributed by atoms with van der Waals surface area (Å²) in [5, 5.41) is 0. The average molecular weight is 353 g/mol. The molecular weight excluding hydrogens is 330 g/mol. The zero-order chi connectivity index (χ0) is 18.7. The molecule has 136 valence electrons. The number of ketones is 1. The van der Waals surface area contributed by atoms with E-state index in [9.17, 15) is 9.59 Å². The maximum atomic E-state index is 12.7. The van der Waals surface area contributed by atoms with Crippen molar-refractivity contribution >= 4 is 17.4 Å². The highest BCUT2D eigenvalue weighted by molar-refractivity contribution is 5.98. The number of methoxy groups -OCH3 is 2. The van der Waals surface area contributed by atoms with E-state index >= 15 is 0 Å². The van der Waals surface area contributed by atoms with Crippen molar-refractivity contribution in [2.24, 2.45) is 0 Å². The van der Waals surface area contributed by atoms with Crippen LogP contribution in [0.3, 0.4) is 0 Å². The summed E-state index contributed by atoms with van der Waals surface area (Å²) in [5.74, 6) is 1.48. The molecule has 0 saturated heterocycles. The molecule has 1 aliphatic heterocycles. The van der Waals surface area contributed by atoms with Gasteiger partial charge in [-0.3, -0.25) is 9.59 Å². The molecule has 26 heavy (non-hydrogen) atoms. The molecule has 5 heteroatoms. The second kappa shape index (κ2) is 7.60. The van der Waals surface area contributed by atoms with Crippen LogP contribution in [0.5, 0.6) is 11.5 Å². The molecule has 0 aliphatic carbocycles. The van der Waals surface area contributed by atoms with E-state index in [-0.39, 0.29) is 11.7 Å². The molecule has 5 nitrogen and oxygen atoms in total. The van der Waals surface area contributed by atoms with Gasteiger partial charge in [0.1, 0.15) is 0 Å². The van der Waals surface area contributed by atoms with Crippen LogP contribution in [0.1, 0.15) is 34.8 Å². The highest BCUT2D eigenvalue weighted by Gasteiger charge is 2.24. The van der Waals surface area contributed by atoms with Crippen molar-refractivity contribution in [3.63, 3.8) is 0 Å². The van der Waals surface area contributed by atoms with Crippen LogP contribution in [0, 0.1) is 0 Å². The molecule has 3 rings (SSSR count). The lowest BCUT2D eigenvalue weighted by atomic mass is 10.1. The lowest BCUT2D eigenvalue weighted by Crippen LogP contribution is -2.29. The summed E-state index contributed by atoms with van der Waals surface area (Å²) in [6.07, 6.45) is 1.85. The fourth-order valence-electron chi connectivity index (χ4n) is 3.30. The van der Waals surface area contributed by atoms with Crippen molar-refractivity contribution < 1.29 is 19.1 Å². The summed E-state index contributed by atoms with van der Waals surface area (Å²) < 4.78 is 10.6. The number of rotatable bonds is 6. The number of carbonyl (C=O) groups excluding carboxylic acids is 2. The molecule has 1 amide bonds. The minimum atomic E-state index is 0.0472. The number of nitrogens with zero attached hydrogens (tertiary/aromatic N) is 1. The van der Waals surface area contributed by atoms with Gasteiger partial charge < -0.3 is 14.4 Å². The Hall–Kier alpha value is -2.82. The van der Waals surface area contributed by atoms with E-state index in [2.05, 4.69) is 0 Å². The third kappa shape index (κ3) is 3.57. The normalized spacial score (nSPS) is 12.7. The van der Waals surface area contributed by atoms with E-state index in [0.717, 1.165) is 23.2 Å². The Morgan fingerprint density at radius 1 is 1.04 bits per heavy atom. The molecule has 0 unspecified atom stereocenters. The Kier molecular flexibility index (Phi) is 5.26. The van der Waals surface area contributed by atoms with Gasteiger partial charge in [0, 0.05) is 24.2 Å². The summed E-state index contributed by atoms with van der Waals surface area (Å²) in [7, 11) is 3.20. The van der Waals surface area contributed by atoms with Crippen molar-refractivity contribution in [1.82, 2.24) is 0 Å². The molecule has 1 heterocycles. The van der Waals surface area contributed by atoms with Gasteiger partial charge in [0.2, 0.25) is 5.91 Å². The first-order valence-electron chi connectivity index (χ1n) is 8.68. The zero-order valence-electron chi connectivity index (χ0n) is 15.4. The van der Waals surface area contributed by atoms with E-state index in [1.165, 1.54) is 0 Å². The Morgan fingerprint density at radius 3 is 2.50 bits per heavy atom. The van der Waals surface area contributed by atoms with E-state index in [1.807, 2.05) is 35.2 Å². The molecule has 2 aromatic rings. The summed E-state index contributed by atoms with van der Waals surface area (Å²) in [4.78, 5) is 26.0. The third-order valence-corrected chi connectivity index (χ3v) is 4.76. The highest BCUT2D eigenvalue weighted by atomic mass is 16.5. The van der Waals surface area contributed by atoms with Gasteiger partial charge in [-0.25, -0.2) is 0 Å². The summed E-state index contributed by atoms with van der Waals surface area (Å²) in [6, 6.07) is 11.3. The van der Waals surface area contributed by atoms with Crippen LogP contribution in [0.15, 0.2) is 36.4 Å². The standard InChI is InChI=1S/C21H23NO4/c1-14(23)16-6-7-18-17(13-16)10-11-22(18)21(24)9-5-15-4-8-19(25-2)20(12-15)26-3/h4,6-8,12-13H,5,9-11H2,1-3H3. The number of benzene rings is 2. The third-order valence-electron chi connectivity index (χ3n) is 4.76. The molecule has 0 saturated carbocycles. The fourth-order valence-corrected chi connectivity index (χ4v) is 3.30. The van der Waals surface area contributed by atoms with Gasteiger partial charge in [-0.2, -0.15) is 0 Å². The number of Topliss-reactive ketones (excluding diaryl/α,β-unsaturated/α-hetero) is 1. The van der Waals surface area contributed by atoms with Crippen LogP contribution < -0.4 is 14.4 Å². The lowest BCUT2D eigenvalue weighted by molar-refractivity contribution is -0.118. The molecule has 0 aromatic heterocycles. The number of fused-ring (bicyclic) bond motifs is 1. The minimum absolute atomic E-state index is 0.0472. The number of hydrogen-bond donors (Lipinski definition) is 0. The van der Waals surface area contributed by atoms with E-state index in [4.69, 9.17) is 9.47 Å². The monoisotopic (exact) mass is 353 g/mol. The molecule has 0 spiro atoms. The Morgan fingerprint density at radius 2 is 1.81 bits per heavy atom. The maximum Gasteiger partial charge on any atom is 0.227 e. The Balaban J connectivity index is 1.68. The lowest BCUT2D eigenvalue weighted by Gasteiger charge is -2.18. The summed E-state index contributed by atoms with van der Waals surface area (Å²) in [6.45, 7) is 2.23. The predicted octanol–water partition coefficient (Wildman–Crippen LogP) is 3.43. The van der Waals surface area contributed by atoms with Crippen molar-refractivity contribution in [3.05, 3.63) is 53.1 Å². The Bertz CT molecular complexity index is 844. The number of aryl methyl sites for hydroxylation is 1. The van der Waals surface area contributed by atoms with Crippen LogP contribution in [-0.4, -0.2) is 32.5 Å².